The standard InChI is InChI=1S/C14H23NOS/c16-14(3-5-17-6-4-14)10-15-9-13-8-11-1-2-12(13)7-11/h1-2,11-13,15-16H,3-10H2. The SMILES string of the molecule is OC1(CNCC2CC3C=CC2C3)CCSCC1. The molecule has 2 fully saturated rings. The summed E-state index contributed by atoms with van der Waals surface area (Å²) in [5, 5.41) is 13.9. The van der Waals surface area contributed by atoms with Crippen LogP contribution in [0.3, 0.4) is 0 Å². The van der Waals surface area contributed by atoms with Crippen LogP contribution >= 0.6 is 11.8 Å². The van der Waals surface area contributed by atoms with E-state index >= 15 is 0 Å². The fourth-order valence-electron chi connectivity index (χ4n) is 3.55. The molecule has 0 aromatic rings. The minimum Gasteiger partial charge on any atom is -0.389 e. The predicted molar refractivity (Wildman–Crippen MR) is 73.2 cm³/mol. The lowest BCUT2D eigenvalue weighted by molar-refractivity contribution is 0.0313. The molecule has 2 N–H and O–H groups in total. The second kappa shape index (κ2) is 4.94. The predicted octanol–water partition coefficient (Wildman–Crippen LogP) is 2.05. The topological polar surface area (TPSA) is 32.3 Å². The van der Waals surface area contributed by atoms with Gasteiger partial charge in [0.15, 0.2) is 0 Å². The maximum absolute atomic E-state index is 10.4. The molecule has 2 aliphatic carbocycles. The van der Waals surface area contributed by atoms with Gasteiger partial charge in [0.25, 0.3) is 0 Å². The number of fused-ring (bicyclic) bond motifs is 2. The van der Waals surface area contributed by atoms with Crippen LogP contribution in [0, 0.1) is 17.8 Å². The zero-order valence-corrected chi connectivity index (χ0v) is 11.2. The molecule has 1 aliphatic heterocycles. The molecule has 1 saturated heterocycles. The highest BCUT2D eigenvalue weighted by Crippen LogP contribution is 2.43. The number of rotatable bonds is 4. The van der Waals surface area contributed by atoms with Crippen molar-refractivity contribution in [1.82, 2.24) is 5.32 Å². The van der Waals surface area contributed by atoms with Crippen molar-refractivity contribution in [2.75, 3.05) is 24.6 Å². The van der Waals surface area contributed by atoms with Crippen LogP contribution in [0.1, 0.15) is 25.7 Å². The first-order chi connectivity index (χ1) is 8.25. The first kappa shape index (κ1) is 12.1. The lowest BCUT2D eigenvalue weighted by atomic mass is 9.92. The molecule has 17 heavy (non-hydrogen) atoms. The molecule has 3 unspecified atom stereocenters. The molecule has 96 valence electrons. The molecule has 1 saturated carbocycles. The summed E-state index contributed by atoms with van der Waals surface area (Å²) in [5.41, 5.74) is -0.418. The molecule has 3 atom stereocenters. The summed E-state index contributed by atoms with van der Waals surface area (Å²) in [7, 11) is 0. The highest BCUT2D eigenvalue weighted by Gasteiger charge is 2.36. The Morgan fingerprint density at radius 3 is 2.71 bits per heavy atom. The van der Waals surface area contributed by atoms with E-state index in [1.807, 2.05) is 11.8 Å². The van der Waals surface area contributed by atoms with E-state index in [9.17, 15) is 5.11 Å². The lowest BCUT2D eigenvalue weighted by Gasteiger charge is -2.32. The number of hydrogen-bond acceptors (Lipinski definition) is 3. The van der Waals surface area contributed by atoms with Gasteiger partial charge in [0.2, 0.25) is 0 Å². The number of nitrogens with one attached hydrogen (secondary N) is 1. The van der Waals surface area contributed by atoms with Gasteiger partial charge in [-0.3, -0.25) is 0 Å². The lowest BCUT2D eigenvalue weighted by Crippen LogP contribution is -2.44. The summed E-state index contributed by atoms with van der Waals surface area (Å²) < 4.78 is 0. The smallest absolute Gasteiger partial charge is 0.0787 e. The third-order valence-corrected chi connectivity index (χ3v) is 5.69. The third kappa shape index (κ3) is 2.72. The molecule has 2 bridgehead atoms. The number of allylic oxidation sites excluding steroid dienone is 2. The van der Waals surface area contributed by atoms with Crippen molar-refractivity contribution in [2.24, 2.45) is 17.8 Å². The van der Waals surface area contributed by atoms with Crippen LogP contribution in [0.2, 0.25) is 0 Å². The van der Waals surface area contributed by atoms with E-state index in [0.717, 1.165) is 55.2 Å². The molecule has 2 nitrogen and oxygen atoms in total. The van der Waals surface area contributed by atoms with Gasteiger partial charge in [-0.25, -0.2) is 0 Å². The maximum Gasteiger partial charge on any atom is 0.0787 e. The summed E-state index contributed by atoms with van der Waals surface area (Å²) >= 11 is 1.97. The van der Waals surface area contributed by atoms with Crippen molar-refractivity contribution < 1.29 is 5.11 Å². The highest BCUT2D eigenvalue weighted by molar-refractivity contribution is 7.99. The minimum absolute atomic E-state index is 0.418. The Morgan fingerprint density at radius 1 is 1.24 bits per heavy atom. The van der Waals surface area contributed by atoms with Crippen molar-refractivity contribution in [3.05, 3.63) is 12.2 Å². The van der Waals surface area contributed by atoms with E-state index in [0.29, 0.717) is 0 Å². The van der Waals surface area contributed by atoms with E-state index in [-0.39, 0.29) is 0 Å². The van der Waals surface area contributed by atoms with Crippen LogP contribution in [0.25, 0.3) is 0 Å². The van der Waals surface area contributed by atoms with Crippen LogP contribution in [0.15, 0.2) is 12.2 Å². The average Bonchev–Trinajstić information content (AvgIpc) is 2.92. The van der Waals surface area contributed by atoms with Crippen LogP contribution in [0.4, 0.5) is 0 Å². The number of hydrogen-bond donors (Lipinski definition) is 2. The fraction of sp³-hybridized carbons (Fsp3) is 0.857. The van der Waals surface area contributed by atoms with Crippen LogP contribution < -0.4 is 5.32 Å². The van der Waals surface area contributed by atoms with Crippen LogP contribution in [-0.4, -0.2) is 35.3 Å². The zero-order chi connectivity index (χ0) is 11.7. The van der Waals surface area contributed by atoms with Gasteiger partial charge in [-0.2, -0.15) is 11.8 Å². The normalized spacial score (nSPS) is 38.8. The van der Waals surface area contributed by atoms with Gasteiger partial charge in [0, 0.05) is 6.54 Å². The van der Waals surface area contributed by atoms with Crippen molar-refractivity contribution in [1.29, 1.82) is 0 Å². The van der Waals surface area contributed by atoms with E-state index in [2.05, 4.69) is 17.5 Å². The van der Waals surface area contributed by atoms with E-state index in [1.165, 1.54) is 12.8 Å². The second-order valence-corrected chi connectivity index (χ2v) is 7.23. The Kier molecular flexibility index (Phi) is 3.51. The van der Waals surface area contributed by atoms with Gasteiger partial charge >= 0.3 is 0 Å². The minimum atomic E-state index is -0.418. The van der Waals surface area contributed by atoms with Crippen LogP contribution in [0.5, 0.6) is 0 Å². The van der Waals surface area contributed by atoms with Gasteiger partial charge in [-0.1, -0.05) is 12.2 Å². The van der Waals surface area contributed by atoms with Crippen molar-refractivity contribution >= 4 is 11.8 Å². The Balaban J connectivity index is 1.41. The van der Waals surface area contributed by atoms with E-state index < -0.39 is 5.60 Å². The summed E-state index contributed by atoms with van der Waals surface area (Å²) in [6, 6.07) is 0. The monoisotopic (exact) mass is 253 g/mol. The molecule has 0 aromatic heterocycles. The molecule has 3 aliphatic rings. The second-order valence-electron chi connectivity index (χ2n) is 6.01. The largest absolute Gasteiger partial charge is 0.389 e. The molecular weight excluding hydrogens is 230 g/mol. The molecule has 0 amide bonds. The summed E-state index contributed by atoms with van der Waals surface area (Å²) in [4.78, 5) is 0. The van der Waals surface area contributed by atoms with Gasteiger partial charge < -0.3 is 10.4 Å². The van der Waals surface area contributed by atoms with E-state index in [1.54, 1.807) is 0 Å². The fourth-order valence-corrected chi connectivity index (χ4v) is 4.80. The molecular formula is C14H23NOS. The van der Waals surface area contributed by atoms with Gasteiger partial charge in [-0.15, -0.1) is 0 Å². The van der Waals surface area contributed by atoms with Crippen molar-refractivity contribution in [3.8, 4) is 0 Å². The Labute approximate surface area is 108 Å². The Hall–Kier alpha value is 0.01000. The van der Waals surface area contributed by atoms with Crippen LogP contribution in [-0.2, 0) is 0 Å². The summed E-state index contributed by atoms with van der Waals surface area (Å²) in [5.74, 6) is 4.75. The molecule has 0 radical (unpaired) electrons. The molecule has 3 heteroatoms. The van der Waals surface area contributed by atoms with Gasteiger partial charge in [0.1, 0.15) is 0 Å². The Bertz CT molecular complexity index is 299. The first-order valence-corrected chi connectivity index (χ1v) is 8.10. The summed E-state index contributed by atoms with van der Waals surface area (Å²) in [6.45, 7) is 1.89. The number of thioether (sulfide) groups is 1. The molecule has 0 spiro atoms. The molecule has 3 rings (SSSR count). The van der Waals surface area contributed by atoms with E-state index in [4.69, 9.17) is 0 Å². The third-order valence-electron chi connectivity index (χ3n) is 4.70. The average molecular weight is 253 g/mol. The Morgan fingerprint density at radius 2 is 2.06 bits per heavy atom. The highest BCUT2D eigenvalue weighted by atomic mass is 32.2. The van der Waals surface area contributed by atoms with Gasteiger partial charge in [-0.05, 0) is 61.5 Å². The van der Waals surface area contributed by atoms with Crippen molar-refractivity contribution in [2.45, 2.75) is 31.3 Å². The van der Waals surface area contributed by atoms with Gasteiger partial charge in [0.05, 0.1) is 5.60 Å². The molecule has 0 aromatic carbocycles. The summed E-state index contributed by atoms with van der Waals surface area (Å²) in [6.07, 6.45) is 9.47. The zero-order valence-electron chi connectivity index (χ0n) is 10.4. The maximum atomic E-state index is 10.4. The molecule has 1 heterocycles. The van der Waals surface area contributed by atoms with Crippen molar-refractivity contribution in [3.63, 3.8) is 0 Å². The number of aliphatic hydroxyl groups is 1. The quantitative estimate of drug-likeness (QED) is 0.752. The first-order valence-electron chi connectivity index (χ1n) is 6.94.